The number of halogens is 4. The third-order valence-corrected chi connectivity index (χ3v) is 11.4. The molecule has 392 valence electrons. The number of benzene rings is 2. The number of hydrogen-bond donors (Lipinski definition) is 4. The maximum Gasteiger partial charge on any atom is 0.490 e. The first kappa shape index (κ1) is 59.2. The molecule has 0 aliphatic carbocycles. The van der Waals surface area contributed by atoms with Crippen molar-refractivity contribution in [2.75, 3.05) is 143 Å². The molecule has 2 heterocycles. The van der Waals surface area contributed by atoms with Crippen LogP contribution in [-0.4, -0.2) is 185 Å². The quantitative estimate of drug-likeness (QED) is 0.0517. The Balaban J connectivity index is 0.00000171. The molecule has 0 radical (unpaired) electrons. The Morgan fingerprint density at radius 1 is 0.771 bits per heavy atom. The fraction of sp³-hybridized carbons (Fsp3) is 0.556. The number of carbonyl (C=O) groups excluding carboxylic acids is 2. The average molecular weight is 1020 g/mol. The number of aromatic nitrogens is 1. The van der Waals surface area contributed by atoms with Gasteiger partial charge in [0.1, 0.15) is 28.9 Å². The van der Waals surface area contributed by atoms with Crippen LogP contribution >= 0.6 is 0 Å². The van der Waals surface area contributed by atoms with Gasteiger partial charge in [0, 0.05) is 48.9 Å². The van der Waals surface area contributed by atoms with Crippen molar-refractivity contribution in [3.05, 3.63) is 71.2 Å². The fourth-order valence-corrected chi connectivity index (χ4v) is 7.33. The third-order valence-electron chi connectivity index (χ3n) is 9.64. The standard InChI is InChI=1S/C43H62FN5O13S.C2HF3O2/c1-33-37(43(51)49-11-14-62-38-5-2-34(30-36(38)32-49)35-3-7-40(46)48-31-35)4-6-39(42(33)44)63(52,53)29-10-47-41(50)8-12-54-15-17-56-19-21-58-23-25-60-27-28-61-26-24-59-22-20-57-18-16-55-13-9-45;3-2(4,5)1(6)7/h2-7,30-31H,8-29,32,45H2,1H3,(H2,46,48)(H,47,50);(H,6,7). The minimum absolute atomic E-state index is 0.000637. The number of pyridine rings is 1. The highest BCUT2D eigenvalue weighted by atomic mass is 32.2. The first-order chi connectivity index (χ1) is 33.5. The molecular formula is C45H63F4N5O15S. The number of hydrogen-bond acceptors (Lipinski definition) is 17. The maximum atomic E-state index is 15.6. The highest BCUT2D eigenvalue weighted by Crippen LogP contribution is 2.31. The lowest BCUT2D eigenvalue weighted by molar-refractivity contribution is -0.192. The van der Waals surface area contributed by atoms with E-state index in [9.17, 15) is 31.2 Å². The molecule has 0 saturated carbocycles. The second kappa shape index (κ2) is 32.7. The largest absolute Gasteiger partial charge is 0.491 e. The van der Waals surface area contributed by atoms with E-state index in [4.69, 9.17) is 64.0 Å². The van der Waals surface area contributed by atoms with Crippen molar-refractivity contribution in [3.8, 4) is 16.9 Å². The maximum absolute atomic E-state index is 15.6. The summed E-state index contributed by atoms with van der Waals surface area (Å²) < 4.78 is 123. The van der Waals surface area contributed by atoms with Gasteiger partial charge in [0.05, 0.1) is 118 Å². The summed E-state index contributed by atoms with van der Waals surface area (Å²) in [5.41, 5.74) is 13.5. The molecule has 4 rings (SSSR count). The number of nitrogens with one attached hydrogen (secondary N) is 1. The Morgan fingerprint density at radius 2 is 1.27 bits per heavy atom. The molecule has 25 heteroatoms. The van der Waals surface area contributed by atoms with Gasteiger partial charge < -0.3 is 69.4 Å². The molecule has 0 spiro atoms. The van der Waals surface area contributed by atoms with Crippen molar-refractivity contribution in [2.45, 2.75) is 31.0 Å². The van der Waals surface area contributed by atoms with Crippen LogP contribution in [0.1, 0.15) is 27.9 Å². The van der Waals surface area contributed by atoms with Gasteiger partial charge in [-0.05, 0) is 54.4 Å². The number of carboxylic acid groups (broad SMARTS) is 1. The number of alkyl halides is 3. The van der Waals surface area contributed by atoms with Crippen molar-refractivity contribution in [1.82, 2.24) is 15.2 Å². The topological polar surface area (TPSA) is 269 Å². The number of carboxylic acids is 1. The van der Waals surface area contributed by atoms with Gasteiger partial charge in [-0.25, -0.2) is 22.6 Å². The smallest absolute Gasteiger partial charge is 0.490 e. The van der Waals surface area contributed by atoms with Crippen LogP contribution in [0.5, 0.6) is 5.75 Å². The summed E-state index contributed by atoms with van der Waals surface area (Å²) >= 11 is 0. The van der Waals surface area contributed by atoms with E-state index in [-0.39, 0.29) is 57.0 Å². The number of carbonyl (C=O) groups is 3. The first-order valence-electron chi connectivity index (χ1n) is 22.2. The number of fused-ring (bicyclic) bond motifs is 1. The molecular weight excluding hydrogens is 959 g/mol. The SMILES string of the molecule is Cc1c(C(=O)N2CCOc3ccc(-c4ccc(N)nc4)cc3C2)ccc(S(=O)(=O)CCNC(=O)CCOCCOCCOCCOCCOCCOCCOCCOCCN)c1F.O=C(O)C(F)(F)F. The van der Waals surface area contributed by atoms with Crippen LogP contribution in [0.2, 0.25) is 0 Å². The third kappa shape index (κ3) is 22.8. The molecule has 0 unspecified atom stereocenters. The van der Waals surface area contributed by atoms with Gasteiger partial charge >= 0.3 is 12.1 Å². The monoisotopic (exact) mass is 1020 g/mol. The predicted molar refractivity (Wildman–Crippen MR) is 244 cm³/mol. The zero-order chi connectivity index (χ0) is 51.2. The van der Waals surface area contributed by atoms with Crippen LogP contribution in [0.4, 0.5) is 23.4 Å². The van der Waals surface area contributed by atoms with E-state index in [0.717, 1.165) is 22.8 Å². The molecule has 6 N–H and O–H groups in total. The van der Waals surface area contributed by atoms with Gasteiger partial charge in [0.2, 0.25) is 5.91 Å². The second-order valence-electron chi connectivity index (χ2n) is 14.8. The van der Waals surface area contributed by atoms with Crippen LogP contribution in [0.15, 0.2) is 53.6 Å². The summed E-state index contributed by atoms with van der Waals surface area (Å²) in [5, 5.41) is 9.66. The van der Waals surface area contributed by atoms with Crippen molar-refractivity contribution in [3.63, 3.8) is 0 Å². The van der Waals surface area contributed by atoms with Crippen molar-refractivity contribution < 1.29 is 88.1 Å². The predicted octanol–water partition coefficient (Wildman–Crippen LogP) is 2.82. The lowest BCUT2D eigenvalue weighted by atomic mass is 10.0. The van der Waals surface area contributed by atoms with E-state index in [0.29, 0.717) is 111 Å². The van der Waals surface area contributed by atoms with Crippen LogP contribution in [0.3, 0.4) is 0 Å². The highest BCUT2D eigenvalue weighted by molar-refractivity contribution is 7.91. The Morgan fingerprint density at radius 3 is 1.76 bits per heavy atom. The number of nitrogen functional groups attached to an aromatic ring is 1. The Bertz CT molecular complexity index is 2140. The fourth-order valence-electron chi connectivity index (χ4n) is 6.04. The van der Waals surface area contributed by atoms with Gasteiger partial charge in [-0.1, -0.05) is 6.07 Å². The number of rotatable bonds is 32. The number of nitrogens with two attached hydrogens (primary N) is 2. The van der Waals surface area contributed by atoms with Crippen LogP contribution in [0.25, 0.3) is 11.1 Å². The van der Waals surface area contributed by atoms with Gasteiger partial charge in [0.25, 0.3) is 5.91 Å². The molecule has 20 nitrogen and oxygen atoms in total. The first-order valence-corrected chi connectivity index (χ1v) is 23.9. The van der Waals surface area contributed by atoms with Gasteiger partial charge in [-0.3, -0.25) is 9.59 Å². The summed E-state index contributed by atoms with van der Waals surface area (Å²) in [6.45, 7) is 8.93. The van der Waals surface area contributed by atoms with Crippen LogP contribution in [0, 0.1) is 12.7 Å². The lowest BCUT2D eigenvalue weighted by Gasteiger charge is -2.22. The molecule has 1 aliphatic heterocycles. The summed E-state index contributed by atoms with van der Waals surface area (Å²) in [7, 11) is -4.14. The highest BCUT2D eigenvalue weighted by Gasteiger charge is 2.38. The second-order valence-corrected chi connectivity index (χ2v) is 16.9. The lowest BCUT2D eigenvalue weighted by Crippen LogP contribution is -2.33. The van der Waals surface area contributed by atoms with E-state index in [1.54, 1.807) is 12.3 Å². The molecule has 2 amide bonds. The summed E-state index contributed by atoms with van der Waals surface area (Å²) in [4.78, 5) is 40.0. The molecule has 2 aromatic carbocycles. The van der Waals surface area contributed by atoms with E-state index in [1.807, 2.05) is 24.3 Å². The number of amides is 2. The zero-order valence-electron chi connectivity index (χ0n) is 39.0. The molecule has 0 saturated heterocycles. The van der Waals surface area contributed by atoms with Crippen LogP contribution < -0.4 is 21.5 Å². The Kier molecular flexibility index (Phi) is 27.7. The Labute approximate surface area is 404 Å². The average Bonchev–Trinajstić information content (AvgIpc) is 3.54. The summed E-state index contributed by atoms with van der Waals surface area (Å²) in [5.74, 6) is -4.16. The van der Waals surface area contributed by atoms with E-state index >= 15 is 4.39 Å². The van der Waals surface area contributed by atoms with E-state index in [1.165, 1.54) is 17.9 Å². The van der Waals surface area contributed by atoms with Crippen LogP contribution in [-0.2, 0) is 63.9 Å². The van der Waals surface area contributed by atoms with E-state index < -0.39 is 50.3 Å². The number of nitrogens with zero attached hydrogens (tertiary/aromatic N) is 2. The molecule has 0 fully saturated rings. The Hall–Kier alpha value is -5.09. The van der Waals surface area contributed by atoms with Gasteiger partial charge in [-0.2, -0.15) is 13.2 Å². The normalized spacial score (nSPS) is 12.6. The zero-order valence-corrected chi connectivity index (χ0v) is 39.8. The molecule has 0 bridgehead atoms. The molecule has 1 aliphatic rings. The number of anilines is 1. The number of ether oxygens (including phenoxy) is 9. The minimum Gasteiger partial charge on any atom is -0.491 e. The molecule has 70 heavy (non-hydrogen) atoms. The van der Waals surface area contributed by atoms with Gasteiger partial charge in [-0.15, -0.1) is 0 Å². The minimum atomic E-state index is -5.08. The summed E-state index contributed by atoms with van der Waals surface area (Å²) in [6.07, 6.45) is -3.42. The number of aliphatic carboxylic acids is 1. The molecule has 3 aromatic rings. The van der Waals surface area contributed by atoms with Crippen molar-refractivity contribution >= 4 is 33.4 Å². The summed E-state index contributed by atoms with van der Waals surface area (Å²) in [6, 6.07) is 11.6. The number of sulfone groups is 1. The molecule has 1 aromatic heterocycles. The molecule has 0 atom stereocenters. The van der Waals surface area contributed by atoms with Crippen molar-refractivity contribution in [2.24, 2.45) is 5.73 Å². The van der Waals surface area contributed by atoms with Gasteiger partial charge in [0.15, 0.2) is 9.84 Å². The van der Waals surface area contributed by atoms with E-state index in [2.05, 4.69) is 10.3 Å². The van der Waals surface area contributed by atoms with Crippen molar-refractivity contribution in [1.29, 1.82) is 0 Å².